The van der Waals surface area contributed by atoms with Crippen LogP contribution in [0.3, 0.4) is 0 Å². The molecule has 4 aromatic rings. The number of fused-ring (bicyclic) bond motifs is 1. The molecule has 0 aliphatic heterocycles. The number of ether oxygens (including phenoxy) is 2. The first-order chi connectivity index (χ1) is 24.8. The van der Waals surface area contributed by atoms with Crippen LogP contribution in [0.5, 0.6) is 5.75 Å². The number of aromatic nitrogens is 2. The van der Waals surface area contributed by atoms with Crippen LogP contribution in [0.15, 0.2) is 71.5 Å². The molecule has 1 amide bonds. The second kappa shape index (κ2) is 18.6. The minimum atomic E-state index is -4.89. The molecule has 3 aromatic carbocycles. The first-order valence-electron chi connectivity index (χ1n) is 17.0. The standard InChI is InChI=1S/C37H44F4N6O5/c1-5-51-27-14-12-26(13-15-27)47-35(44-31-10-8-7-9-28(31)36(47)50)32(17-18-42-24-43-23-34(49)52-6-2)46(20-19-45(3)4)33(48)22-25-11-16-29(30(38)21-25)37(39,40)41/h7-16,21,32,42-43H,5-6,17-20,22-24H2,1-4H3. The summed E-state index contributed by atoms with van der Waals surface area (Å²) in [6.07, 6.45) is -5.07. The fraction of sp³-hybridized carbons (Fsp3) is 0.405. The van der Waals surface area contributed by atoms with Crippen molar-refractivity contribution in [3.8, 4) is 11.4 Å². The molecule has 0 bridgehead atoms. The average Bonchev–Trinajstić information content (AvgIpc) is 3.09. The highest BCUT2D eigenvalue weighted by molar-refractivity contribution is 5.80. The fourth-order valence-corrected chi connectivity index (χ4v) is 5.63. The molecule has 1 unspecified atom stereocenters. The first-order valence-corrected chi connectivity index (χ1v) is 17.0. The average molecular weight is 729 g/mol. The number of para-hydroxylation sites is 1. The number of alkyl halides is 3. The van der Waals surface area contributed by atoms with Gasteiger partial charge < -0.3 is 24.6 Å². The van der Waals surface area contributed by atoms with Gasteiger partial charge >= 0.3 is 12.1 Å². The molecule has 1 atom stereocenters. The zero-order valence-corrected chi connectivity index (χ0v) is 29.6. The Morgan fingerprint density at radius 1 is 0.962 bits per heavy atom. The van der Waals surface area contributed by atoms with Crippen molar-refractivity contribution in [1.29, 1.82) is 0 Å². The van der Waals surface area contributed by atoms with Gasteiger partial charge in [0.25, 0.3) is 5.56 Å². The number of hydrogen-bond donors (Lipinski definition) is 2. The quantitative estimate of drug-likeness (QED) is 0.0651. The van der Waals surface area contributed by atoms with E-state index in [1.807, 2.05) is 25.9 Å². The smallest absolute Gasteiger partial charge is 0.419 e. The molecule has 0 aliphatic rings. The molecule has 15 heteroatoms. The van der Waals surface area contributed by atoms with Gasteiger partial charge in [0.05, 0.1) is 54.4 Å². The second-order valence-electron chi connectivity index (χ2n) is 12.1. The molecule has 11 nitrogen and oxygen atoms in total. The van der Waals surface area contributed by atoms with Gasteiger partial charge in [0, 0.05) is 19.8 Å². The van der Waals surface area contributed by atoms with Crippen molar-refractivity contribution < 1.29 is 36.6 Å². The lowest BCUT2D eigenvalue weighted by Gasteiger charge is -2.34. The van der Waals surface area contributed by atoms with Gasteiger partial charge in [-0.05, 0) is 95.0 Å². The van der Waals surface area contributed by atoms with E-state index in [4.69, 9.17) is 14.5 Å². The van der Waals surface area contributed by atoms with Crippen LogP contribution in [0.25, 0.3) is 16.6 Å². The Hall–Kier alpha value is -4.86. The van der Waals surface area contributed by atoms with Crippen LogP contribution in [-0.4, -0.2) is 91.4 Å². The van der Waals surface area contributed by atoms with Crippen molar-refractivity contribution in [2.45, 2.75) is 38.9 Å². The molecule has 0 radical (unpaired) electrons. The maximum Gasteiger partial charge on any atom is 0.419 e. The summed E-state index contributed by atoms with van der Waals surface area (Å²) in [5.74, 6) is -1.56. The summed E-state index contributed by atoms with van der Waals surface area (Å²) in [5.41, 5.74) is -0.859. The Morgan fingerprint density at radius 3 is 2.35 bits per heavy atom. The molecule has 1 aromatic heterocycles. The third kappa shape index (κ3) is 10.6. The van der Waals surface area contributed by atoms with E-state index in [9.17, 15) is 31.9 Å². The molecule has 52 heavy (non-hydrogen) atoms. The van der Waals surface area contributed by atoms with E-state index in [0.29, 0.717) is 41.6 Å². The third-order valence-corrected chi connectivity index (χ3v) is 8.10. The Bertz CT molecular complexity index is 1870. The lowest BCUT2D eigenvalue weighted by Crippen LogP contribution is -2.44. The van der Waals surface area contributed by atoms with Gasteiger partial charge in [-0.2, -0.15) is 13.2 Å². The van der Waals surface area contributed by atoms with E-state index >= 15 is 0 Å². The normalized spacial score (nSPS) is 12.2. The van der Waals surface area contributed by atoms with E-state index in [1.165, 1.54) is 9.47 Å². The molecule has 0 aliphatic carbocycles. The maximum atomic E-state index is 14.6. The number of nitrogens with zero attached hydrogens (tertiary/aromatic N) is 4. The fourth-order valence-electron chi connectivity index (χ4n) is 5.63. The summed E-state index contributed by atoms with van der Waals surface area (Å²) in [4.78, 5) is 48.7. The lowest BCUT2D eigenvalue weighted by molar-refractivity contribution is -0.142. The van der Waals surface area contributed by atoms with Gasteiger partial charge in [0.2, 0.25) is 5.91 Å². The first kappa shape index (κ1) is 39.9. The van der Waals surface area contributed by atoms with E-state index in [0.717, 1.165) is 12.1 Å². The van der Waals surface area contributed by atoms with Crippen molar-refractivity contribution in [2.24, 2.45) is 0 Å². The number of esters is 1. The summed E-state index contributed by atoms with van der Waals surface area (Å²) in [6, 6.07) is 15.3. The predicted molar refractivity (Wildman–Crippen MR) is 189 cm³/mol. The number of carbonyl (C=O) groups excluding carboxylic acids is 2. The van der Waals surface area contributed by atoms with Crippen LogP contribution >= 0.6 is 0 Å². The van der Waals surface area contributed by atoms with Crippen molar-refractivity contribution >= 4 is 22.8 Å². The zero-order valence-electron chi connectivity index (χ0n) is 29.6. The van der Waals surface area contributed by atoms with E-state index < -0.39 is 41.9 Å². The molecule has 0 spiro atoms. The van der Waals surface area contributed by atoms with Crippen LogP contribution in [0.1, 0.15) is 43.3 Å². The number of halogens is 4. The van der Waals surface area contributed by atoms with Crippen molar-refractivity contribution in [3.63, 3.8) is 0 Å². The molecule has 0 fully saturated rings. The highest BCUT2D eigenvalue weighted by Crippen LogP contribution is 2.32. The Balaban J connectivity index is 1.81. The molecule has 4 rings (SSSR count). The van der Waals surface area contributed by atoms with Crippen LogP contribution < -0.4 is 20.9 Å². The summed E-state index contributed by atoms with van der Waals surface area (Å²) < 4.78 is 66.5. The minimum Gasteiger partial charge on any atom is -0.494 e. The SMILES string of the molecule is CCOC(=O)CNCNCCC(c1nc2ccccc2c(=O)n1-c1ccc(OCC)cc1)N(CCN(C)C)C(=O)Cc1ccc(C(F)(F)F)c(F)c1. The van der Waals surface area contributed by atoms with Crippen molar-refractivity contribution in [3.05, 3.63) is 99.9 Å². The molecule has 0 saturated heterocycles. The van der Waals surface area contributed by atoms with Gasteiger partial charge in [0.15, 0.2) is 0 Å². The largest absolute Gasteiger partial charge is 0.494 e. The molecule has 2 N–H and O–H groups in total. The van der Waals surface area contributed by atoms with Gasteiger partial charge in [-0.25, -0.2) is 9.37 Å². The number of benzene rings is 3. The van der Waals surface area contributed by atoms with Gasteiger partial charge in [0.1, 0.15) is 17.4 Å². The van der Waals surface area contributed by atoms with Crippen molar-refractivity contribution in [1.82, 2.24) is 30.0 Å². The molecule has 1 heterocycles. The maximum absolute atomic E-state index is 14.6. The Kier molecular flexibility index (Phi) is 14.3. The summed E-state index contributed by atoms with van der Waals surface area (Å²) >= 11 is 0. The van der Waals surface area contributed by atoms with Gasteiger partial charge in [-0.3, -0.25) is 24.3 Å². The summed E-state index contributed by atoms with van der Waals surface area (Å²) in [5, 5.41) is 6.49. The number of hydrogen-bond acceptors (Lipinski definition) is 9. The monoisotopic (exact) mass is 728 g/mol. The molecular weight excluding hydrogens is 684 g/mol. The number of nitrogens with one attached hydrogen (secondary N) is 2. The number of likely N-dealkylation sites (N-methyl/N-ethyl adjacent to an activating group) is 1. The molecule has 0 saturated carbocycles. The van der Waals surface area contributed by atoms with Gasteiger partial charge in [-0.15, -0.1) is 0 Å². The summed E-state index contributed by atoms with van der Waals surface area (Å²) in [7, 11) is 3.65. The molecule has 280 valence electrons. The minimum absolute atomic E-state index is 0.0229. The second-order valence-corrected chi connectivity index (χ2v) is 12.1. The molecular formula is C37H44F4N6O5. The van der Waals surface area contributed by atoms with Crippen LogP contribution in [0, 0.1) is 5.82 Å². The number of carbonyl (C=O) groups is 2. The number of amides is 1. The van der Waals surface area contributed by atoms with Crippen molar-refractivity contribution in [2.75, 3.05) is 60.2 Å². The van der Waals surface area contributed by atoms with E-state index in [2.05, 4.69) is 10.6 Å². The van der Waals surface area contributed by atoms with E-state index in [1.54, 1.807) is 55.5 Å². The highest BCUT2D eigenvalue weighted by atomic mass is 19.4. The predicted octanol–water partition coefficient (Wildman–Crippen LogP) is 4.71. The van der Waals surface area contributed by atoms with E-state index in [-0.39, 0.29) is 56.3 Å². The van der Waals surface area contributed by atoms with Gasteiger partial charge in [-0.1, -0.05) is 18.2 Å². The summed E-state index contributed by atoms with van der Waals surface area (Å²) in [6.45, 7) is 5.27. The highest BCUT2D eigenvalue weighted by Gasteiger charge is 2.35. The Morgan fingerprint density at radius 2 is 1.69 bits per heavy atom. The lowest BCUT2D eigenvalue weighted by atomic mass is 10.0. The Labute approximate surface area is 299 Å². The third-order valence-electron chi connectivity index (χ3n) is 8.10. The zero-order chi connectivity index (χ0) is 37.8. The van der Waals surface area contributed by atoms with Crippen LogP contribution in [0.4, 0.5) is 17.6 Å². The topological polar surface area (TPSA) is 118 Å². The van der Waals surface area contributed by atoms with Crippen LogP contribution in [0.2, 0.25) is 0 Å². The van der Waals surface area contributed by atoms with Crippen LogP contribution in [-0.2, 0) is 26.9 Å². The number of rotatable bonds is 18.